The van der Waals surface area contributed by atoms with Gasteiger partial charge in [-0.2, -0.15) is 0 Å². The second-order valence-electron chi connectivity index (χ2n) is 9.34. The van der Waals surface area contributed by atoms with Gasteiger partial charge in [-0.25, -0.2) is 4.72 Å². The quantitative estimate of drug-likeness (QED) is 0.470. The molecule has 2 atom stereocenters. The van der Waals surface area contributed by atoms with E-state index in [1.54, 1.807) is 0 Å². The average molecular weight is 436 g/mol. The van der Waals surface area contributed by atoms with E-state index in [-0.39, 0.29) is 16.9 Å². The third kappa shape index (κ3) is 4.22. The second-order valence-corrected chi connectivity index (χ2v) is 10.6. The van der Waals surface area contributed by atoms with E-state index >= 15 is 0 Å². The minimum Gasteiger partial charge on any atom is -0.369 e. The van der Waals surface area contributed by atoms with Gasteiger partial charge in [0.1, 0.15) is 6.29 Å². The summed E-state index contributed by atoms with van der Waals surface area (Å²) in [4.78, 5) is 23.3. The number of amides is 1. The van der Waals surface area contributed by atoms with E-state index in [1.807, 2.05) is 24.3 Å². The highest BCUT2D eigenvalue weighted by Gasteiger charge is 2.57. The highest BCUT2D eigenvalue weighted by Crippen LogP contribution is 2.59. The Hall–Kier alpha value is -1.08. The van der Waals surface area contributed by atoms with E-state index in [0.717, 1.165) is 49.2 Å². The standard InChI is InChI=1S/C12H20N2O.C10H10ClNOS/c1-14-10-8-2-7-3-9(10)6-12(4-7,5-8)11(13)15;11-8-3-1-2-4-9(8)14-12-10(7-13)5-6-10/h7-10,14H,2-6H2,1H3,(H2,13,15);1-4,7,12H,5-6H2. The lowest BCUT2D eigenvalue weighted by Crippen LogP contribution is -2.60. The Balaban J connectivity index is 0.000000142. The van der Waals surface area contributed by atoms with Crippen LogP contribution in [0, 0.1) is 23.2 Å². The molecule has 1 aromatic carbocycles. The maximum Gasteiger partial charge on any atom is 0.223 e. The zero-order chi connectivity index (χ0) is 20.6. The van der Waals surface area contributed by atoms with Crippen LogP contribution in [0.2, 0.25) is 5.02 Å². The number of hydrogen-bond acceptors (Lipinski definition) is 5. The van der Waals surface area contributed by atoms with Crippen LogP contribution in [0.25, 0.3) is 0 Å². The van der Waals surface area contributed by atoms with E-state index in [9.17, 15) is 9.59 Å². The molecule has 0 aromatic heterocycles. The Morgan fingerprint density at radius 2 is 1.86 bits per heavy atom. The summed E-state index contributed by atoms with van der Waals surface area (Å²) < 4.78 is 3.14. The predicted molar refractivity (Wildman–Crippen MR) is 117 cm³/mol. The molecule has 5 saturated carbocycles. The van der Waals surface area contributed by atoms with E-state index in [0.29, 0.717) is 22.9 Å². The highest BCUT2D eigenvalue weighted by atomic mass is 35.5. The molecular weight excluding hydrogens is 406 g/mol. The Kier molecular flexibility index (Phi) is 6.00. The van der Waals surface area contributed by atoms with Gasteiger partial charge >= 0.3 is 0 Å². The smallest absolute Gasteiger partial charge is 0.223 e. The van der Waals surface area contributed by atoms with Crippen LogP contribution in [0.4, 0.5) is 0 Å². The molecule has 0 radical (unpaired) electrons. The first-order chi connectivity index (χ1) is 13.9. The molecular formula is C22H30ClN3O2S. The minimum absolute atomic E-state index is 0.0311. The number of halogens is 1. The topological polar surface area (TPSA) is 84.2 Å². The van der Waals surface area contributed by atoms with Gasteiger partial charge < -0.3 is 15.8 Å². The SMILES string of the molecule is CNC1C2CC3CC1CC(C(N)=O)(C3)C2.O=CC1(NSc2ccccc2Cl)CC1. The van der Waals surface area contributed by atoms with Crippen LogP contribution in [0.5, 0.6) is 0 Å². The van der Waals surface area contributed by atoms with Crippen molar-refractivity contribution in [1.29, 1.82) is 0 Å². The molecule has 0 saturated heterocycles. The number of benzene rings is 1. The van der Waals surface area contributed by atoms with Crippen molar-refractivity contribution in [1.82, 2.24) is 10.0 Å². The number of carbonyl (C=O) groups is 2. The summed E-state index contributed by atoms with van der Waals surface area (Å²) >= 11 is 7.40. The van der Waals surface area contributed by atoms with Gasteiger partial charge in [-0.3, -0.25) is 4.79 Å². The van der Waals surface area contributed by atoms with Gasteiger partial charge in [0.25, 0.3) is 0 Å². The maximum atomic E-state index is 11.6. The zero-order valence-electron chi connectivity index (χ0n) is 16.8. The number of rotatable bonds is 6. The Labute approximate surface area is 182 Å². The first kappa shape index (κ1) is 21.2. The van der Waals surface area contributed by atoms with Crippen molar-refractivity contribution in [2.45, 2.75) is 61.4 Å². The van der Waals surface area contributed by atoms with Crippen LogP contribution in [0.15, 0.2) is 29.2 Å². The highest BCUT2D eigenvalue weighted by molar-refractivity contribution is 7.97. The molecule has 6 rings (SSSR count). The van der Waals surface area contributed by atoms with Crippen molar-refractivity contribution in [2.75, 3.05) is 7.05 Å². The van der Waals surface area contributed by atoms with Crippen LogP contribution in [0.1, 0.15) is 44.9 Å². The fraction of sp³-hybridized carbons (Fsp3) is 0.636. The van der Waals surface area contributed by atoms with E-state index in [4.69, 9.17) is 17.3 Å². The summed E-state index contributed by atoms with van der Waals surface area (Å²) in [6.45, 7) is 0. The molecule has 0 aliphatic heterocycles. The van der Waals surface area contributed by atoms with Crippen molar-refractivity contribution in [3.8, 4) is 0 Å². The first-order valence-electron chi connectivity index (χ1n) is 10.5. The average Bonchev–Trinajstić information content (AvgIpc) is 3.48. The summed E-state index contributed by atoms with van der Waals surface area (Å²) in [5.41, 5.74) is 5.21. The number of carbonyl (C=O) groups excluding carboxylic acids is 2. The third-order valence-electron chi connectivity index (χ3n) is 7.34. The molecule has 5 aliphatic rings. The van der Waals surface area contributed by atoms with Gasteiger partial charge in [0.15, 0.2) is 0 Å². The van der Waals surface area contributed by atoms with E-state index < -0.39 is 0 Å². The Morgan fingerprint density at radius 3 is 2.38 bits per heavy atom. The molecule has 29 heavy (non-hydrogen) atoms. The number of nitrogens with one attached hydrogen (secondary N) is 2. The normalized spacial score (nSPS) is 35.5. The van der Waals surface area contributed by atoms with Crippen molar-refractivity contribution in [2.24, 2.45) is 28.9 Å². The monoisotopic (exact) mass is 435 g/mol. The lowest BCUT2D eigenvalue weighted by molar-refractivity contribution is -0.145. The van der Waals surface area contributed by atoms with Crippen LogP contribution in [0.3, 0.4) is 0 Å². The molecule has 2 unspecified atom stereocenters. The van der Waals surface area contributed by atoms with E-state index in [2.05, 4.69) is 17.1 Å². The third-order valence-corrected chi connectivity index (χ3v) is 8.87. The molecule has 0 spiro atoms. The Bertz CT molecular complexity index is 769. The number of primary amides is 1. The number of hydrogen-bond donors (Lipinski definition) is 3. The second kappa shape index (κ2) is 8.22. The first-order valence-corrected chi connectivity index (χ1v) is 11.7. The summed E-state index contributed by atoms with van der Waals surface area (Å²) in [7, 11) is 2.06. The van der Waals surface area contributed by atoms with Gasteiger partial charge in [0.2, 0.25) is 5.91 Å². The van der Waals surface area contributed by atoms with Gasteiger partial charge in [-0.15, -0.1) is 0 Å². The van der Waals surface area contributed by atoms with Gasteiger partial charge in [-0.1, -0.05) is 23.7 Å². The summed E-state index contributed by atoms with van der Waals surface area (Å²) in [6.07, 6.45) is 8.63. The maximum absolute atomic E-state index is 11.6. The fourth-order valence-corrected chi connectivity index (χ4v) is 6.99. The summed E-state index contributed by atoms with van der Waals surface area (Å²) in [5, 5.41) is 4.17. The molecule has 158 valence electrons. The molecule has 1 amide bonds. The summed E-state index contributed by atoms with van der Waals surface area (Å²) in [6, 6.07) is 8.23. The molecule has 5 nitrogen and oxygen atoms in total. The van der Waals surface area contributed by atoms with Crippen molar-refractivity contribution in [3.63, 3.8) is 0 Å². The van der Waals surface area contributed by atoms with Gasteiger partial charge in [-0.05, 0) is 93.8 Å². The van der Waals surface area contributed by atoms with Crippen LogP contribution < -0.4 is 15.8 Å². The van der Waals surface area contributed by atoms with E-state index in [1.165, 1.54) is 24.8 Å². The molecule has 5 fully saturated rings. The van der Waals surface area contributed by atoms with Gasteiger partial charge in [0.05, 0.1) is 10.6 Å². The largest absolute Gasteiger partial charge is 0.369 e. The van der Waals surface area contributed by atoms with Crippen LogP contribution in [-0.4, -0.2) is 30.8 Å². The fourth-order valence-electron chi connectivity index (χ4n) is 5.86. The molecule has 0 heterocycles. The van der Waals surface area contributed by atoms with Crippen LogP contribution in [-0.2, 0) is 9.59 Å². The zero-order valence-corrected chi connectivity index (χ0v) is 18.4. The van der Waals surface area contributed by atoms with Crippen molar-refractivity contribution < 1.29 is 9.59 Å². The van der Waals surface area contributed by atoms with Crippen molar-refractivity contribution in [3.05, 3.63) is 29.3 Å². The van der Waals surface area contributed by atoms with Crippen molar-refractivity contribution >= 4 is 35.7 Å². The summed E-state index contributed by atoms with van der Waals surface area (Å²) in [5.74, 6) is 2.15. The molecule has 4 N–H and O–H groups in total. The predicted octanol–water partition coefficient (Wildman–Crippen LogP) is 3.55. The Morgan fingerprint density at radius 1 is 1.21 bits per heavy atom. The molecule has 5 aliphatic carbocycles. The number of aldehydes is 1. The molecule has 4 bridgehead atoms. The lowest BCUT2D eigenvalue weighted by Gasteiger charge is -2.58. The van der Waals surface area contributed by atoms with Crippen LogP contribution >= 0.6 is 23.5 Å². The molecule has 7 heteroatoms. The molecule has 1 aromatic rings. The number of nitrogens with two attached hydrogens (primary N) is 1. The minimum atomic E-state index is -0.288. The van der Waals surface area contributed by atoms with Gasteiger partial charge in [0, 0.05) is 16.4 Å². The lowest BCUT2D eigenvalue weighted by atomic mass is 9.47.